The second-order valence-electron chi connectivity index (χ2n) is 3.11. The first-order valence-corrected chi connectivity index (χ1v) is 6.11. The minimum absolute atomic E-state index is 0.0103. The van der Waals surface area contributed by atoms with Crippen LogP contribution in [0.15, 0.2) is 33.2 Å². The van der Waals surface area contributed by atoms with Crippen LogP contribution in [0.5, 0.6) is 11.5 Å². The quantitative estimate of drug-likeness (QED) is 0.814. The molecule has 1 aromatic carbocycles. The van der Waals surface area contributed by atoms with Crippen molar-refractivity contribution >= 4 is 37.8 Å². The summed E-state index contributed by atoms with van der Waals surface area (Å²) in [4.78, 5) is 10.6. The number of carboxylic acid groups (broad SMARTS) is 1. The van der Waals surface area contributed by atoms with Gasteiger partial charge in [-0.25, -0.2) is 4.79 Å². The summed E-state index contributed by atoms with van der Waals surface area (Å²) in [6.07, 6.45) is 0. The smallest absolute Gasteiger partial charge is 0.334 e. The molecule has 0 saturated heterocycles. The molecular weight excluding hydrogens is 356 g/mol. The summed E-state index contributed by atoms with van der Waals surface area (Å²) in [7, 11) is 1.55. The summed E-state index contributed by atoms with van der Waals surface area (Å²) in [5.41, 5.74) is -0.0103. The van der Waals surface area contributed by atoms with E-state index >= 15 is 0 Å². The fraction of sp³-hybridized carbons (Fsp3) is 0.182. The van der Waals surface area contributed by atoms with Crippen molar-refractivity contribution in [2.24, 2.45) is 0 Å². The summed E-state index contributed by atoms with van der Waals surface area (Å²) >= 11 is 6.62. The molecule has 0 bridgehead atoms. The van der Waals surface area contributed by atoms with Gasteiger partial charge in [0.05, 0.1) is 21.6 Å². The van der Waals surface area contributed by atoms with Crippen LogP contribution in [-0.2, 0) is 4.79 Å². The van der Waals surface area contributed by atoms with Crippen LogP contribution in [-0.4, -0.2) is 24.8 Å². The molecular formula is C11H10Br2O4. The second kappa shape index (κ2) is 6.07. The van der Waals surface area contributed by atoms with Gasteiger partial charge in [-0.3, -0.25) is 0 Å². The molecule has 1 rings (SSSR count). The van der Waals surface area contributed by atoms with E-state index in [0.29, 0.717) is 16.0 Å². The van der Waals surface area contributed by atoms with Gasteiger partial charge in [-0.1, -0.05) is 6.58 Å². The molecule has 0 atom stereocenters. The highest BCUT2D eigenvalue weighted by atomic mass is 79.9. The average molecular weight is 366 g/mol. The van der Waals surface area contributed by atoms with E-state index in [-0.39, 0.29) is 12.2 Å². The zero-order chi connectivity index (χ0) is 13.0. The molecule has 0 aliphatic carbocycles. The molecule has 92 valence electrons. The minimum atomic E-state index is -1.08. The van der Waals surface area contributed by atoms with Gasteiger partial charge < -0.3 is 14.6 Å². The zero-order valence-corrected chi connectivity index (χ0v) is 12.2. The first-order chi connectivity index (χ1) is 7.95. The molecule has 0 aliphatic heterocycles. The summed E-state index contributed by atoms with van der Waals surface area (Å²) < 4.78 is 11.8. The van der Waals surface area contributed by atoms with Gasteiger partial charge in [0, 0.05) is 0 Å². The number of ether oxygens (including phenoxy) is 2. The minimum Gasteiger partial charge on any atom is -0.496 e. The van der Waals surface area contributed by atoms with Gasteiger partial charge in [-0.15, -0.1) is 0 Å². The van der Waals surface area contributed by atoms with E-state index in [0.717, 1.165) is 4.47 Å². The third-order valence-electron chi connectivity index (χ3n) is 1.91. The maximum Gasteiger partial charge on any atom is 0.334 e. The van der Waals surface area contributed by atoms with Crippen LogP contribution < -0.4 is 9.47 Å². The summed E-state index contributed by atoms with van der Waals surface area (Å²) in [6.45, 7) is 3.30. The van der Waals surface area contributed by atoms with Gasteiger partial charge in [0.2, 0.25) is 0 Å². The van der Waals surface area contributed by atoms with Crippen LogP contribution >= 0.6 is 31.9 Å². The number of methoxy groups -OCH3 is 1. The van der Waals surface area contributed by atoms with Crippen LogP contribution in [0.2, 0.25) is 0 Å². The number of halogens is 2. The van der Waals surface area contributed by atoms with E-state index in [1.165, 1.54) is 0 Å². The molecule has 0 aliphatic rings. The van der Waals surface area contributed by atoms with E-state index in [9.17, 15) is 4.79 Å². The molecule has 0 spiro atoms. The molecule has 0 radical (unpaired) electrons. The maximum atomic E-state index is 10.6. The lowest BCUT2D eigenvalue weighted by Gasteiger charge is -2.11. The average Bonchev–Trinajstić information content (AvgIpc) is 2.29. The van der Waals surface area contributed by atoms with Crippen molar-refractivity contribution in [1.29, 1.82) is 0 Å². The summed E-state index contributed by atoms with van der Waals surface area (Å²) in [5.74, 6) is 0.0926. The largest absolute Gasteiger partial charge is 0.496 e. The number of benzene rings is 1. The van der Waals surface area contributed by atoms with Gasteiger partial charge >= 0.3 is 5.97 Å². The van der Waals surface area contributed by atoms with Crippen molar-refractivity contribution in [1.82, 2.24) is 0 Å². The summed E-state index contributed by atoms with van der Waals surface area (Å²) in [6, 6.07) is 3.42. The second-order valence-corrected chi connectivity index (χ2v) is 4.82. The first-order valence-electron chi connectivity index (χ1n) is 4.52. The molecule has 0 unspecified atom stereocenters. The van der Waals surface area contributed by atoms with Gasteiger partial charge in [-0.2, -0.15) is 0 Å². The van der Waals surface area contributed by atoms with E-state index in [2.05, 4.69) is 38.4 Å². The Morgan fingerprint density at radius 1 is 1.35 bits per heavy atom. The SMILES string of the molecule is C=C(COc1cc(Br)c(OC)cc1Br)C(=O)O. The number of rotatable bonds is 5. The van der Waals surface area contributed by atoms with Crippen molar-refractivity contribution in [3.05, 3.63) is 33.2 Å². The maximum absolute atomic E-state index is 10.6. The predicted octanol–water partition coefficient (Wildman–Crippen LogP) is 3.24. The van der Waals surface area contributed by atoms with E-state index in [1.54, 1.807) is 19.2 Å². The Hall–Kier alpha value is -1.01. The van der Waals surface area contributed by atoms with Gasteiger partial charge in [0.25, 0.3) is 0 Å². The molecule has 0 aromatic heterocycles. The highest BCUT2D eigenvalue weighted by molar-refractivity contribution is 9.11. The fourth-order valence-corrected chi connectivity index (χ4v) is 1.93. The Morgan fingerprint density at radius 3 is 2.41 bits per heavy atom. The monoisotopic (exact) mass is 364 g/mol. The predicted molar refractivity (Wildman–Crippen MR) is 70.7 cm³/mol. The number of hydrogen-bond donors (Lipinski definition) is 1. The molecule has 0 heterocycles. The molecule has 17 heavy (non-hydrogen) atoms. The Labute approximate surface area is 115 Å². The number of carbonyl (C=O) groups is 1. The molecule has 1 N–H and O–H groups in total. The van der Waals surface area contributed by atoms with Gasteiger partial charge in [0.15, 0.2) is 0 Å². The highest BCUT2D eigenvalue weighted by Gasteiger charge is 2.10. The Bertz CT molecular complexity index is 457. The molecule has 6 heteroatoms. The van der Waals surface area contributed by atoms with Gasteiger partial charge in [0.1, 0.15) is 18.1 Å². The van der Waals surface area contributed by atoms with Crippen molar-refractivity contribution in [3.8, 4) is 11.5 Å². The number of carboxylic acids is 1. The third kappa shape index (κ3) is 3.74. The highest BCUT2D eigenvalue weighted by Crippen LogP contribution is 2.36. The summed E-state index contributed by atoms with van der Waals surface area (Å²) in [5, 5.41) is 8.65. The van der Waals surface area contributed by atoms with Crippen LogP contribution in [0.3, 0.4) is 0 Å². The molecule has 0 fully saturated rings. The van der Waals surface area contributed by atoms with Crippen molar-refractivity contribution in [2.75, 3.05) is 13.7 Å². The van der Waals surface area contributed by atoms with E-state index < -0.39 is 5.97 Å². The third-order valence-corrected chi connectivity index (χ3v) is 3.15. The Kier molecular flexibility index (Phi) is 5.02. The lowest BCUT2D eigenvalue weighted by Crippen LogP contribution is -2.09. The number of aliphatic carboxylic acids is 1. The Balaban J connectivity index is 2.82. The van der Waals surface area contributed by atoms with Crippen LogP contribution in [0, 0.1) is 0 Å². The normalized spacial score (nSPS) is 9.82. The fourth-order valence-electron chi connectivity index (χ4n) is 1.00. The molecule has 0 saturated carbocycles. The Morgan fingerprint density at radius 2 is 1.88 bits per heavy atom. The van der Waals surface area contributed by atoms with Crippen molar-refractivity contribution < 1.29 is 19.4 Å². The van der Waals surface area contributed by atoms with E-state index in [1.807, 2.05) is 0 Å². The first kappa shape index (κ1) is 14.1. The van der Waals surface area contributed by atoms with Crippen LogP contribution in [0.4, 0.5) is 0 Å². The lowest BCUT2D eigenvalue weighted by atomic mass is 10.3. The molecule has 4 nitrogen and oxygen atoms in total. The standard InChI is InChI=1S/C11H10Br2O4/c1-6(11(14)15)5-17-10-4-7(12)9(16-2)3-8(10)13/h3-4H,1,5H2,2H3,(H,14,15). The number of hydrogen-bond acceptors (Lipinski definition) is 3. The van der Waals surface area contributed by atoms with E-state index in [4.69, 9.17) is 14.6 Å². The van der Waals surface area contributed by atoms with Crippen LogP contribution in [0.1, 0.15) is 0 Å². The zero-order valence-electron chi connectivity index (χ0n) is 9.00. The van der Waals surface area contributed by atoms with Crippen molar-refractivity contribution in [2.45, 2.75) is 0 Å². The van der Waals surface area contributed by atoms with Crippen LogP contribution in [0.25, 0.3) is 0 Å². The molecule has 1 aromatic rings. The topological polar surface area (TPSA) is 55.8 Å². The molecule has 0 amide bonds. The lowest BCUT2D eigenvalue weighted by molar-refractivity contribution is -0.133. The van der Waals surface area contributed by atoms with Crippen molar-refractivity contribution in [3.63, 3.8) is 0 Å². The van der Waals surface area contributed by atoms with Gasteiger partial charge in [-0.05, 0) is 44.0 Å².